The number of hydrogen-bond donors (Lipinski definition) is 1. The van der Waals surface area contributed by atoms with Crippen LogP contribution in [0.3, 0.4) is 0 Å². The number of aliphatic carboxylic acids is 1. The second-order valence-corrected chi connectivity index (χ2v) is 5.89. The molecule has 1 atom stereocenters. The molecule has 112 valence electrons. The molecule has 1 aliphatic heterocycles. The van der Waals surface area contributed by atoms with Crippen LogP contribution in [0.4, 0.5) is 0 Å². The second kappa shape index (κ2) is 5.65. The number of ether oxygens (including phenoxy) is 2. The average molecular weight is 316 g/mol. The number of hydrogen-bond acceptors (Lipinski definition) is 4. The van der Waals surface area contributed by atoms with Crippen molar-refractivity contribution in [3.8, 4) is 11.5 Å². The van der Waals surface area contributed by atoms with Crippen molar-refractivity contribution in [3.63, 3.8) is 0 Å². The Labute approximate surface area is 129 Å². The molecular weight excluding hydrogens is 304 g/mol. The van der Waals surface area contributed by atoms with Crippen molar-refractivity contribution in [2.24, 2.45) is 0 Å². The van der Waals surface area contributed by atoms with E-state index in [1.807, 2.05) is 6.07 Å². The molecule has 0 saturated carbocycles. The summed E-state index contributed by atoms with van der Waals surface area (Å²) in [4.78, 5) is 11.6. The van der Waals surface area contributed by atoms with Gasteiger partial charge >= 0.3 is 5.97 Å². The third-order valence-electron chi connectivity index (χ3n) is 3.18. The van der Waals surface area contributed by atoms with Crippen molar-refractivity contribution in [1.82, 2.24) is 0 Å². The van der Waals surface area contributed by atoms with Crippen LogP contribution in [-0.4, -0.2) is 22.4 Å². The minimum absolute atomic E-state index is 0.0888. The predicted molar refractivity (Wildman–Crippen MR) is 81.0 cm³/mol. The summed E-state index contributed by atoms with van der Waals surface area (Å²) < 4.78 is 23.2. The number of carbonyl (C=O) groups is 1. The summed E-state index contributed by atoms with van der Waals surface area (Å²) in [7, 11) is -0.273. The maximum atomic E-state index is 12.4. The molecule has 0 spiro atoms. The number of carboxylic acid groups (broad SMARTS) is 1. The molecule has 0 saturated heterocycles. The lowest BCUT2D eigenvalue weighted by atomic mass is 10.1. The van der Waals surface area contributed by atoms with Gasteiger partial charge in [-0.2, -0.15) is 0 Å². The topological polar surface area (TPSA) is 72.8 Å². The average Bonchev–Trinajstić information content (AvgIpc) is 2.80. The monoisotopic (exact) mass is 316 g/mol. The van der Waals surface area contributed by atoms with Gasteiger partial charge < -0.3 is 14.6 Å². The van der Waals surface area contributed by atoms with Crippen LogP contribution in [0.25, 0.3) is 5.76 Å². The number of para-hydroxylation sites is 1. The van der Waals surface area contributed by atoms with Crippen molar-refractivity contribution in [1.29, 1.82) is 0 Å². The van der Waals surface area contributed by atoms with Crippen LogP contribution in [-0.2, 0) is 15.6 Å². The molecule has 0 radical (unpaired) electrons. The molecule has 3 rings (SSSR count). The Balaban J connectivity index is 2.14. The molecule has 22 heavy (non-hydrogen) atoms. The first-order valence-corrected chi connectivity index (χ1v) is 7.57. The fraction of sp³-hybridized carbons (Fsp3) is 0.0625. The molecule has 1 aliphatic rings. The Bertz CT molecular complexity index is 795. The van der Waals surface area contributed by atoms with E-state index < -0.39 is 16.8 Å². The maximum absolute atomic E-state index is 12.4. The smallest absolute Gasteiger partial charge is 0.349 e. The van der Waals surface area contributed by atoms with Gasteiger partial charge in [-0.05, 0) is 30.3 Å². The fourth-order valence-electron chi connectivity index (χ4n) is 2.18. The van der Waals surface area contributed by atoms with Gasteiger partial charge in [0.25, 0.3) is 0 Å². The first-order chi connectivity index (χ1) is 10.6. The van der Waals surface area contributed by atoms with Gasteiger partial charge in [0.1, 0.15) is 11.5 Å². The molecule has 6 heteroatoms. The standard InChI is InChI=1S/C16H12O5S/c1-20-11-7-8-13-12(9-11)14(15(16(17)18)22(13)19)21-10-5-3-2-4-6-10/h2-9H,1H3,(H,17,18). The Morgan fingerprint density at radius 3 is 2.45 bits per heavy atom. The van der Waals surface area contributed by atoms with Gasteiger partial charge in [0.05, 0.1) is 22.8 Å². The molecule has 0 aromatic heterocycles. The van der Waals surface area contributed by atoms with Crippen LogP contribution in [0.1, 0.15) is 5.56 Å². The van der Waals surface area contributed by atoms with Crippen molar-refractivity contribution in [2.45, 2.75) is 4.90 Å². The summed E-state index contributed by atoms with van der Waals surface area (Å²) in [6.45, 7) is 0. The van der Waals surface area contributed by atoms with E-state index in [-0.39, 0.29) is 10.7 Å². The highest BCUT2D eigenvalue weighted by Gasteiger charge is 2.35. The van der Waals surface area contributed by atoms with Crippen molar-refractivity contribution >= 4 is 22.5 Å². The van der Waals surface area contributed by atoms with Crippen LogP contribution >= 0.6 is 0 Å². The van der Waals surface area contributed by atoms with E-state index in [0.29, 0.717) is 22.0 Å². The van der Waals surface area contributed by atoms with E-state index in [1.54, 1.807) is 42.5 Å². The molecule has 0 aliphatic carbocycles. The quantitative estimate of drug-likeness (QED) is 0.939. The minimum Gasteiger partial charge on any atom is -0.497 e. The van der Waals surface area contributed by atoms with Gasteiger partial charge in [0, 0.05) is 5.56 Å². The van der Waals surface area contributed by atoms with Gasteiger partial charge in [0.15, 0.2) is 10.7 Å². The lowest BCUT2D eigenvalue weighted by Crippen LogP contribution is -2.06. The first kappa shape index (κ1) is 14.3. The minimum atomic E-state index is -1.78. The van der Waals surface area contributed by atoms with Crippen LogP contribution in [0.5, 0.6) is 11.5 Å². The Kier molecular flexibility index (Phi) is 3.68. The SMILES string of the molecule is COc1ccc2c(c1)C(Oc1ccccc1)=C(C(=O)O)S2=O. The summed E-state index contributed by atoms with van der Waals surface area (Å²) in [5, 5.41) is 9.37. The highest BCUT2D eigenvalue weighted by Crippen LogP contribution is 2.39. The third-order valence-corrected chi connectivity index (χ3v) is 4.67. The molecule has 5 nitrogen and oxygen atoms in total. The van der Waals surface area contributed by atoms with E-state index in [9.17, 15) is 14.1 Å². The van der Waals surface area contributed by atoms with E-state index in [0.717, 1.165) is 0 Å². The molecule has 1 heterocycles. The molecule has 1 unspecified atom stereocenters. The van der Waals surface area contributed by atoms with Gasteiger partial charge in [-0.1, -0.05) is 18.2 Å². The van der Waals surface area contributed by atoms with Crippen LogP contribution in [0, 0.1) is 0 Å². The second-order valence-electron chi connectivity index (χ2n) is 4.51. The van der Waals surface area contributed by atoms with E-state index in [4.69, 9.17) is 9.47 Å². The number of carboxylic acids is 1. The number of benzene rings is 2. The lowest BCUT2D eigenvalue weighted by Gasteiger charge is -2.09. The number of methoxy groups -OCH3 is 1. The molecular formula is C16H12O5S. The zero-order valence-electron chi connectivity index (χ0n) is 11.6. The van der Waals surface area contributed by atoms with Crippen molar-refractivity contribution in [2.75, 3.05) is 7.11 Å². The molecule has 1 N–H and O–H groups in total. The highest BCUT2D eigenvalue weighted by molar-refractivity contribution is 7.90. The summed E-state index contributed by atoms with van der Waals surface area (Å²) in [6.07, 6.45) is 0. The Hall–Kier alpha value is -2.60. The van der Waals surface area contributed by atoms with Gasteiger partial charge in [-0.3, -0.25) is 0 Å². The van der Waals surface area contributed by atoms with Crippen molar-refractivity contribution in [3.05, 3.63) is 59.0 Å². The van der Waals surface area contributed by atoms with Gasteiger partial charge in [-0.15, -0.1) is 0 Å². The van der Waals surface area contributed by atoms with E-state index in [1.165, 1.54) is 7.11 Å². The van der Waals surface area contributed by atoms with Crippen LogP contribution in [0.2, 0.25) is 0 Å². The number of fused-ring (bicyclic) bond motifs is 1. The van der Waals surface area contributed by atoms with Crippen LogP contribution < -0.4 is 9.47 Å². The largest absolute Gasteiger partial charge is 0.497 e. The first-order valence-electron chi connectivity index (χ1n) is 6.42. The van der Waals surface area contributed by atoms with E-state index >= 15 is 0 Å². The van der Waals surface area contributed by atoms with Crippen LogP contribution in [0.15, 0.2) is 58.3 Å². The zero-order valence-corrected chi connectivity index (χ0v) is 12.4. The fourth-order valence-corrected chi connectivity index (χ4v) is 3.42. The lowest BCUT2D eigenvalue weighted by molar-refractivity contribution is -0.131. The molecule has 2 aromatic carbocycles. The summed E-state index contributed by atoms with van der Waals surface area (Å²) in [5.41, 5.74) is 0.471. The Morgan fingerprint density at radius 2 is 1.82 bits per heavy atom. The van der Waals surface area contributed by atoms with E-state index in [2.05, 4.69) is 0 Å². The van der Waals surface area contributed by atoms with Gasteiger partial charge in [0.2, 0.25) is 0 Å². The molecule has 2 aromatic rings. The summed E-state index contributed by atoms with van der Waals surface area (Å²) >= 11 is 0. The normalized spacial score (nSPS) is 16.3. The Morgan fingerprint density at radius 1 is 1.09 bits per heavy atom. The molecule has 0 bridgehead atoms. The highest BCUT2D eigenvalue weighted by atomic mass is 32.2. The molecule has 0 amide bonds. The number of rotatable bonds is 4. The van der Waals surface area contributed by atoms with Gasteiger partial charge in [-0.25, -0.2) is 9.00 Å². The predicted octanol–water partition coefficient (Wildman–Crippen LogP) is 2.65. The summed E-state index contributed by atoms with van der Waals surface area (Å²) in [5.74, 6) is -0.161. The zero-order chi connectivity index (χ0) is 15.7. The molecule has 0 fully saturated rings. The maximum Gasteiger partial charge on any atom is 0.349 e. The third kappa shape index (κ3) is 2.37. The van der Waals surface area contributed by atoms with Crippen molar-refractivity contribution < 1.29 is 23.6 Å². The summed E-state index contributed by atoms with van der Waals surface area (Å²) in [6, 6.07) is 13.6.